The number of hydrogen-bond acceptors (Lipinski definition) is 3. The van der Waals surface area contributed by atoms with Gasteiger partial charge in [-0.2, -0.15) is 0 Å². The SMILES string of the molecule is CC(C)(C)c1ccc(C2(C(=O)N[C@@H]3CCS(=O)(=O)C3)CCCC2)cc1. The standard InChI is InChI=1S/C20H29NO3S/c1-19(2,3)15-6-8-16(9-7-15)20(11-4-5-12-20)18(22)21-17-10-13-25(23,24)14-17/h6-9,17H,4-5,10-14H2,1-3H3,(H,21,22)/t17-/m1/s1. The molecule has 1 amide bonds. The third-order valence-corrected chi connectivity index (χ3v) is 7.53. The Morgan fingerprint density at radius 2 is 1.72 bits per heavy atom. The van der Waals surface area contributed by atoms with E-state index < -0.39 is 15.3 Å². The molecule has 1 aromatic carbocycles. The van der Waals surface area contributed by atoms with Crippen LogP contribution in [-0.2, 0) is 25.5 Å². The Hall–Kier alpha value is -1.36. The summed E-state index contributed by atoms with van der Waals surface area (Å²) in [5.74, 6) is 0.277. The van der Waals surface area contributed by atoms with Crippen molar-refractivity contribution in [1.82, 2.24) is 5.32 Å². The highest BCUT2D eigenvalue weighted by Crippen LogP contribution is 2.42. The van der Waals surface area contributed by atoms with Crippen molar-refractivity contribution in [3.63, 3.8) is 0 Å². The highest BCUT2D eigenvalue weighted by molar-refractivity contribution is 7.91. The normalized spacial score (nSPS) is 25.0. The number of carbonyl (C=O) groups is 1. The molecule has 5 heteroatoms. The first-order valence-electron chi connectivity index (χ1n) is 9.25. The summed E-state index contributed by atoms with van der Waals surface area (Å²) in [6.07, 6.45) is 4.29. The Morgan fingerprint density at radius 3 is 2.20 bits per heavy atom. The van der Waals surface area contributed by atoms with Crippen LogP contribution in [0.2, 0.25) is 0 Å². The molecule has 0 spiro atoms. The molecule has 1 atom stereocenters. The zero-order valence-corrected chi connectivity index (χ0v) is 16.3. The molecule has 0 aromatic heterocycles. The Kier molecular flexibility index (Phi) is 4.73. The second-order valence-electron chi connectivity index (χ2n) is 8.69. The molecule has 1 aromatic rings. The van der Waals surface area contributed by atoms with Gasteiger partial charge < -0.3 is 5.32 Å². The molecule has 0 radical (unpaired) electrons. The first-order chi connectivity index (χ1) is 11.6. The lowest BCUT2D eigenvalue weighted by Crippen LogP contribution is -2.47. The van der Waals surface area contributed by atoms with Gasteiger partial charge in [-0.05, 0) is 35.8 Å². The number of carbonyl (C=O) groups excluding carboxylic acids is 1. The van der Waals surface area contributed by atoms with Gasteiger partial charge in [0.2, 0.25) is 5.91 Å². The maximum atomic E-state index is 13.1. The van der Waals surface area contributed by atoms with Crippen molar-refractivity contribution >= 4 is 15.7 Å². The summed E-state index contributed by atoms with van der Waals surface area (Å²) in [7, 11) is -2.99. The molecular formula is C20H29NO3S. The Balaban J connectivity index is 1.83. The van der Waals surface area contributed by atoms with Gasteiger partial charge in [-0.25, -0.2) is 8.42 Å². The Labute approximate surface area is 151 Å². The first kappa shape index (κ1) is 18.4. The van der Waals surface area contributed by atoms with Crippen LogP contribution >= 0.6 is 0 Å². The van der Waals surface area contributed by atoms with Crippen LogP contribution in [0.15, 0.2) is 24.3 Å². The first-order valence-corrected chi connectivity index (χ1v) is 11.1. The summed E-state index contributed by atoms with van der Waals surface area (Å²) in [4.78, 5) is 13.1. The molecule has 25 heavy (non-hydrogen) atoms. The van der Waals surface area contributed by atoms with Gasteiger partial charge in [-0.3, -0.25) is 4.79 Å². The maximum absolute atomic E-state index is 13.1. The van der Waals surface area contributed by atoms with Crippen molar-refractivity contribution in [2.45, 2.75) is 69.7 Å². The van der Waals surface area contributed by atoms with Crippen LogP contribution in [-0.4, -0.2) is 31.9 Å². The maximum Gasteiger partial charge on any atom is 0.230 e. The van der Waals surface area contributed by atoms with E-state index in [0.717, 1.165) is 31.2 Å². The van der Waals surface area contributed by atoms with E-state index in [2.05, 4.69) is 50.4 Å². The van der Waals surface area contributed by atoms with Crippen molar-refractivity contribution in [1.29, 1.82) is 0 Å². The summed E-state index contributed by atoms with van der Waals surface area (Å²) in [6, 6.07) is 8.21. The smallest absolute Gasteiger partial charge is 0.230 e. The molecular weight excluding hydrogens is 334 g/mol. The van der Waals surface area contributed by atoms with Gasteiger partial charge in [0.15, 0.2) is 9.84 Å². The van der Waals surface area contributed by atoms with Gasteiger partial charge in [0.25, 0.3) is 0 Å². The van der Waals surface area contributed by atoms with Gasteiger partial charge in [0.05, 0.1) is 16.9 Å². The third-order valence-electron chi connectivity index (χ3n) is 5.76. The zero-order valence-electron chi connectivity index (χ0n) is 15.5. The van der Waals surface area contributed by atoms with Crippen LogP contribution < -0.4 is 5.32 Å². The number of benzene rings is 1. The second-order valence-corrected chi connectivity index (χ2v) is 10.9. The van der Waals surface area contributed by atoms with Crippen molar-refractivity contribution in [3.8, 4) is 0 Å². The lowest BCUT2D eigenvalue weighted by molar-refractivity contribution is -0.127. The monoisotopic (exact) mass is 363 g/mol. The topological polar surface area (TPSA) is 63.2 Å². The van der Waals surface area contributed by atoms with E-state index >= 15 is 0 Å². The number of hydrogen-bond donors (Lipinski definition) is 1. The predicted octanol–water partition coefficient (Wildman–Crippen LogP) is 3.10. The molecule has 138 valence electrons. The minimum Gasteiger partial charge on any atom is -0.352 e. The van der Waals surface area contributed by atoms with Gasteiger partial charge in [0, 0.05) is 6.04 Å². The fourth-order valence-electron chi connectivity index (χ4n) is 4.15. The van der Waals surface area contributed by atoms with Crippen molar-refractivity contribution < 1.29 is 13.2 Å². The van der Waals surface area contributed by atoms with Gasteiger partial charge in [-0.15, -0.1) is 0 Å². The molecule has 1 saturated heterocycles. The zero-order chi connectivity index (χ0) is 18.3. The Morgan fingerprint density at radius 1 is 1.12 bits per heavy atom. The molecule has 1 aliphatic heterocycles. The van der Waals surface area contributed by atoms with Gasteiger partial charge in [0.1, 0.15) is 0 Å². The fourth-order valence-corrected chi connectivity index (χ4v) is 5.82. The van der Waals surface area contributed by atoms with E-state index in [4.69, 9.17) is 0 Å². The van der Waals surface area contributed by atoms with Crippen molar-refractivity contribution in [2.75, 3.05) is 11.5 Å². The molecule has 1 aliphatic carbocycles. The molecule has 2 aliphatic rings. The molecule has 0 unspecified atom stereocenters. The molecule has 1 N–H and O–H groups in total. The average Bonchev–Trinajstić information content (AvgIpc) is 3.14. The molecule has 4 nitrogen and oxygen atoms in total. The number of nitrogens with one attached hydrogen (secondary N) is 1. The van der Waals surface area contributed by atoms with Gasteiger partial charge >= 0.3 is 0 Å². The average molecular weight is 364 g/mol. The minimum atomic E-state index is -2.99. The van der Waals surface area contributed by atoms with Crippen molar-refractivity contribution in [3.05, 3.63) is 35.4 Å². The molecule has 1 saturated carbocycles. The van der Waals surface area contributed by atoms with E-state index in [1.54, 1.807) is 0 Å². The van der Waals surface area contributed by atoms with Crippen LogP contribution in [0, 0.1) is 0 Å². The lowest BCUT2D eigenvalue weighted by atomic mass is 9.76. The Bertz CT molecular complexity index is 738. The van der Waals surface area contributed by atoms with E-state index in [9.17, 15) is 13.2 Å². The van der Waals surface area contributed by atoms with E-state index in [-0.39, 0.29) is 28.9 Å². The summed E-state index contributed by atoms with van der Waals surface area (Å²) < 4.78 is 23.3. The molecule has 2 fully saturated rings. The van der Waals surface area contributed by atoms with E-state index in [0.29, 0.717) is 6.42 Å². The quantitative estimate of drug-likeness (QED) is 0.897. The molecule has 0 bridgehead atoms. The molecule has 3 rings (SSSR count). The van der Waals surface area contributed by atoms with Gasteiger partial charge in [-0.1, -0.05) is 57.9 Å². The minimum absolute atomic E-state index is 0.00982. The van der Waals surface area contributed by atoms with Crippen LogP contribution in [0.4, 0.5) is 0 Å². The summed E-state index contributed by atoms with van der Waals surface area (Å²) in [6.45, 7) is 6.54. The van der Waals surface area contributed by atoms with Crippen molar-refractivity contribution in [2.24, 2.45) is 0 Å². The number of rotatable bonds is 3. The predicted molar refractivity (Wildman–Crippen MR) is 100 cm³/mol. The number of amides is 1. The highest BCUT2D eigenvalue weighted by atomic mass is 32.2. The van der Waals surface area contributed by atoms with Crippen LogP contribution in [0.25, 0.3) is 0 Å². The highest BCUT2D eigenvalue weighted by Gasteiger charge is 2.44. The summed E-state index contributed by atoms with van der Waals surface area (Å²) in [5.41, 5.74) is 1.91. The number of sulfone groups is 1. The lowest BCUT2D eigenvalue weighted by Gasteiger charge is -2.30. The third kappa shape index (κ3) is 3.76. The second kappa shape index (κ2) is 6.42. The van der Waals surface area contributed by atoms with Crippen LogP contribution in [0.3, 0.4) is 0 Å². The molecule has 1 heterocycles. The summed E-state index contributed by atoms with van der Waals surface area (Å²) in [5, 5.41) is 3.04. The summed E-state index contributed by atoms with van der Waals surface area (Å²) >= 11 is 0. The van der Waals surface area contributed by atoms with Crippen LogP contribution in [0.1, 0.15) is 64.0 Å². The van der Waals surface area contributed by atoms with Crippen LogP contribution in [0.5, 0.6) is 0 Å². The van der Waals surface area contributed by atoms with E-state index in [1.165, 1.54) is 5.56 Å². The van der Waals surface area contributed by atoms with E-state index in [1.807, 2.05) is 0 Å². The fraction of sp³-hybridized carbons (Fsp3) is 0.650. The largest absolute Gasteiger partial charge is 0.352 e.